The number of nitrogens with zero attached hydrogens (tertiary/aromatic N) is 2. The topological polar surface area (TPSA) is 74.6 Å². The van der Waals surface area contributed by atoms with Crippen LogP contribution in [0.3, 0.4) is 0 Å². The van der Waals surface area contributed by atoms with E-state index in [1.54, 1.807) is 13.1 Å². The molecule has 0 aromatic heterocycles. The maximum atomic E-state index is 11.5. The molecule has 0 unspecified atom stereocenters. The Morgan fingerprint density at radius 1 is 1.18 bits per heavy atom. The largest absolute Gasteiger partial charge is 0.492 e. The molecule has 0 spiro atoms. The Kier molecular flexibility index (Phi) is 6.51. The second-order valence-corrected chi connectivity index (χ2v) is 6.81. The third-order valence-electron chi connectivity index (χ3n) is 4.77. The van der Waals surface area contributed by atoms with Crippen LogP contribution < -0.4 is 14.8 Å². The van der Waals surface area contributed by atoms with Crippen LogP contribution in [0.4, 0.5) is 0 Å². The van der Waals surface area contributed by atoms with Crippen molar-refractivity contribution in [3.05, 3.63) is 59.2 Å². The van der Waals surface area contributed by atoms with E-state index in [4.69, 9.17) is 9.47 Å². The molecule has 1 heterocycles. The number of nitrogens with one attached hydrogen (secondary N) is 1. The summed E-state index contributed by atoms with van der Waals surface area (Å²) in [6, 6.07) is 15.7. The van der Waals surface area contributed by atoms with E-state index in [0.29, 0.717) is 24.5 Å². The molecule has 1 amide bonds. The van der Waals surface area contributed by atoms with Gasteiger partial charge in [0.05, 0.1) is 18.1 Å². The number of rotatable bonds is 8. The summed E-state index contributed by atoms with van der Waals surface area (Å²) in [6.07, 6.45) is 0. The van der Waals surface area contributed by atoms with E-state index in [1.807, 2.05) is 43.3 Å². The summed E-state index contributed by atoms with van der Waals surface area (Å²) in [4.78, 5) is 13.8. The first-order valence-corrected chi connectivity index (χ1v) is 9.44. The van der Waals surface area contributed by atoms with Crippen molar-refractivity contribution >= 4 is 5.91 Å². The molecule has 0 radical (unpaired) electrons. The molecule has 2 aromatic rings. The normalized spacial score (nSPS) is 14.0. The molecular formula is C22H25N3O3. The van der Waals surface area contributed by atoms with Crippen LogP contribution in [0.1, 0.15) is 23.6 Å². The molecule has 0 aliphatic carbocycles. The summed E-state index contributed by atoms with van der Waals surface area (Å²) < 4.78 is 11.3. The van der Waals surface area contributed by atoms with E-state index in [2.05, 4.69) is 16.3 Å². The van der Waals surface area contributed by atoms with Crippen LogP contribution in [0.5, 0.6) is 11.5 Å². The highest BCUT2D eigenvalue weighted by atomic mass is 16.5. The van der Waals surface area contributed by atoms with Gasteiger partial charge in [-0.3, -0.25) is 9.69 Å². The number of carbonyl (C=O) groups excluding carboxylic acids is 1. The third kappa shape index (κ3) is 4.81. The Labute approximate surface area is 165 Å². The van der Waals surface area contributed by atoms with Crippen molar-refractivity contribution in [3.8, 4) is 17.6 Å². The summed E-state index contributed by atoms with van der Waals surface area (Å²) >= 11 is 0. The lowest BCUT2D eigenvalue weighted by Gasteiger charge is -2.38. The maximum absolute atomic E-state index is 11.5. The van der Waals surface area contributed by atoms with E-state index < -0.39 is 0 Å². The summed E-state index contributed by atoms with van der Waals surface area (Å²) in [5, 5.41) is 11.9. The third-order valence-corrected chi connectivity index (χ3v) is 4.77. The summed E-state index contributed by atoms with van der Waals surface area (Å²) in [7, 11) is 1.68. The Morgan fingerprint density at radius 3 is 2.54 bits per heavy atom. The molecule has 0 saturated carbocycles. The Bertz CT molecular complexity index is 852. The summed E-state index contributed by atoms with van der Waals surface area (Å²) in [5.41, 5.74) is 2.63. The van der Waals surface area contributed by atoms with E-state index in [0.717, 1.165) is 30.9 Å². The fraction of sp³-hybridized carbons (Fsp3) is 0.364. The van der Waals surface area contributed by atoms with Gasteiger partial charge in [0.15, 0.2) is 0 Å². The zero-order valence-corrected chi connectivity index (χ0v) is 16.3. The maximum Gasteiger partial charge on any atom is 0.225 e. The molecule has 1 saturated heterocycles. The Balaban J connectivity index is 1.50. The minimum Gasteiger partial charge on any atom is -0.492 e. The molecule has 146 valence electrons. The SMILES string of the molecule is CCOc1ccc(COc2ccc(CN3CC(C(=O)NC)C3)cc2)cc1C#N. The number of benzene rings is 2. The van der Waals surface area contributed by atoms with Crippen LogP contribution in [0, 0.1) is 17.2 Å². The number of nitriles is 1. The highest BCUT2D eigenvalue weighted by Gasteiger charge is 2.31. The van der Waals surface area contributed by atoms with Crippen LogP contribution in [0.15, 0.2) is 42.5 Å². The van der Waals surface area contributed by atoms with Crippen molar-refractivity contribution in [1.29, 1.82) is 5.26 Å². The zero-order chi connectivity index (χ0) is 19.9. The highest BCUT2D eigenvalue weighted by Crippen LogP contribution is 2.22. The Hall–Kier alpha value is -3.04. The number of carbonyl (C=O) groups is 1. The van der Waals surface area contributed by atoms with Gasteiger partial charge in [0.1, 0.15) is 24.2 Å². The molecule has 6 heteroatoms. The summed E-state index contributed by atoms with van der Waals surface area (Å²) in [5.74, 6) is 1.61. The van der Waals surface area contributed by atoms with Gasteiger partial charge in [0.2, 0.25) is 5.91 Å². The van der Waals surface area contributed by atoms with Crippen molar-refractivity contribution in [3.63, 3.8) is 0 Å². The van der Waals surface area contributed by atoms with E-state index in [9.17, 15) is 10.1 Å². The lowest BCUT2D eigenvalue weighted by atomic mass is 9.98. The minimum atomic E-state index is 0.111. The van der Waals surface area contributed by atoms with Crippen LogP contribution >= 0.6 is 0 Å². The lowest BCUT2D eigenvalue weighted by molar-refractivity contribution is -0.129. The second-order valence-electron chi connectivity index (χ2n) is 6.81. The first-order chi connectivity index (χ1) is 13.6. The van der Waals surface area contributed by atoms with Crippen molar-refractivity contribution in [2.24, 2.45) is 5.92 Å². The van der Waals surface area contributed by atoms with Crippen LogP contribution in [-0.4, -0.2) is 37.6 Å². The van der Waals surface area contributed by atoms with E-state index in [1.165, 1.54) is 5.56 Å². The van der Waals surface area contributed by atoms with Gasteiger partial charge in [-0.2, -0.15) is 5.26 Å². The molecule has 0 bridgehead atoms. The molecule has 28 heavy (non-hydrogen) atoms. The van der Waals surface area contributed by atoms with Gasteiger partial charge in [0, 0.05) is 26.7 Å². The van der Waals surface area contributed by atoms with Crippen LogP contribution in [-0.2, 0) is 17.9 Å². The van der Waals surface area contributed by atoms with Gasteiger partial charge in [-0.05, 0) is 42.3 Å². The number of likely N-dealkylation sites (tertiary alicyclic amines) is 1. The number of ether oxygens (including phenoxy) is 2. The molecule has 1 N–H and O–H groups in total. The van der Waals surface area contributed by atoms with Gasteiger partial charge >= 0.3 is 0 Å². The van der Waals surface area contributed by atoms with Crippen molar-refractivity contribution in [1.82, 2.24) is 10.2 Å². The minimum absolute atomic E-state index is 0.111. The first-order valence-electron chi connectivity index (χ1n) is 9.44. The number of amides is 1. The summed E-state index contributed by atoms with van der Waals surface area (Å²) in [6.45, 7) is 5.25. The molecular weight excluding hydrogens is 354 g/mol. The zero-order valence-electron chi connectivity index (χ0n) is 16.3. The molecule has 1 fully saturated rings. The fourth-order valence-corrected chi connectivity index (χ4v) is 3.22. The van der Waals surface area contributed by atoms with Gasteiger partial charge in [-0.15, -0.1) is 0 Å². The lowest BCUT2D eigenvalue weighted by Crippen LogP contribution is -2.52. The highest BCUT2D eigenvalue weighted by molar-refractivity contribution is 5.79. The quantitative estimate of drug-likeness (QED) is 0.763. The molecule has 0 atom stereocenters. The molecule has 3 rings (SSSR count). The van der Waals surface area contributed by atoms with Crippen LogP contribution in [0.25, 0.3) is 0 Å². The van der Waals surface area contributed by atoms with Gasteiger partial charge in [0.25, 0.3) is 0 Å². The average Bonchev–Trinajstić information content (AvgIpc) is 2.70. The predicted octanol–water partition coefficient (Wildman–Crippen LogP) is 2.71. The molecule has 1 aliphatic rings. The average molecular weight is 379 g/mol. The standard InChI is InChI=1S/C22H25N3O3/c1-3-27-21-9-6-17(10-18(21)11-23)15-28-20-7-4-16(5-8-20)12-25-13-19(14-25)22(26)24-2/h4-10,19H,3,12-15H2,1-2H3,(H,24,26). The van der Waals surface area contributed by atoms with Crippen molar-refractivity contribution in [2.45, 2.75) is 20.1 Å². The molecule has 1 aliphatic heterocycles. The smallest absolute Gasteiger partial charge is 0.225 e. The van der Waals surface area contributed by atoms with Crippen LogP contribution in [0.2, 0.25) is 0 Å². The predicted molar refractivity (Wildman–Crippen MR) is 106 cm³/mol. The first kappa shape index (κ1) is 19.7. The Morgan fingerprint density at radius 2 is 1.89 bits per heavy atom. The van der Waals surface area contributed by atoms with E-state index in [-0.39, 0.29) is 11.8 Å². The monoisotopic (exact) mass is 379 g/mol. The van der Waals surface area contributed by atoms with Crippen molar-refractivity contribution < 1.29 is 14.3 Å². The van der Waals surface area contributed by atoms with E-state index >= 15 is 0 Å². The molecule has 2 aromatic carbocycles. The van der Waals surface area contributed by atoms with Gasteiger partial charge in [-0.1, -0.05) is 18.2 Å². The second kappa shape index (κ2) is 9.25. The van der Waals surface area contributed by atoms with Gasteiger partial charge < -0.3 is 14.8 Å². The fourth-order valence-electron chi connectivity index (χ4n) is 3.22. The van der Waals surface area contributed by atoms with Gasteiger partial charge in [-0.25, -0.2) is 0 Å². The number of hydrogen-bond acceptors (Lipinski definition) is 5. The van der Waals surface area contributed by atoms with Crippen molar-refractivity contribution in [2.75, 3.05) is 26.7 Å². The number of hydrogen-bond donors (Lipinski definition) is 1. The molecule has 6 nitrogen and oxygen atoms in total.